The van der Waals surface area contributed by atoms with E-state index in [1.807, 2.05) is 18.2 Å². The van der Waals surface area contributed by atoms with E-state index in [1.165, 1.54) is 18.2 Å². The average molecular weight is 499 g/mol. The molecule has 0 saturated carbocycles. The first kappa shape index (κ1) is 25.4. The van der Waals surface area contributed by atoms with E-state index < -0.39 is 35.6 Å². The van der Waals surface area contributed by atoms with Crippen LogP contribution in [0, 0.1) is 0 Å². The van der Waals surface area contributed by atoms with Crippen LogP contribution < -0.4 is 5.32 Å². The summed E-state index contributed by atoms with van der Waals surface area (Å²) in [5, 5.41) is 18.5. The fourth-order valence-electron chi connectivity index (χ4n) is 4.63. The minimum atomic E-state index is -5.25. The number of benzene rings is 3. The number of carbonyl (C=O) groups excluding carboxylic acids is 2. The van der Waals surface area contributed by atoms with Crippen molar-refractivity contribution in [1.82, 2.24) is 0 Å². The molecule has 2 atom stereocenters. The number of hydrogen-bond acceptors (Lipinski definition) is 5. The number of carbonyl (C=O) groups is 2. The molecule has 36 heavy (non-hydrogen) atoms. The first-order chi connectivity index (χ1) is 16.9. The maximum atomic E-state index is 14.3. The molecule has 1 aliphatic rings. The van der Waals surface area contributed by atoms with Gasteiger partial charge in [-0.2, -0.15) is 13.2 Å². The lowest BCUT2D eigenvalue weighted by molar-refractivity contribution is -0.254. The summed E-state index contributed by atoms with van der Waals surface area (Å²) in [5.41, 5.74) is -3.00. The topological polar surface area (TPSA) is 88.0 Å². The van der Waals surface area contributed by atoms with E-state index in [-0.39, 0.29) is 5.69 Å². The minimum Gasteiger partial charge on any atom is -0.380 e. The number of rotatable bonds is 6. The Kier molecular flexibility index (Phi) is 6.38. The molecule has 2 N–H and O–H groups in total. The van der Waals surface area contributed by atoms with Crippen LogP contribution in [0.3, 0.4) is 0 Å². The van der Waals surface area contributed by atoms with Gasteiger partial charge in [0.25, 0.3) is 5.91 Å². The molecule has 0 bridgehead atoms. The van der Waals surface area contributed by atoms with E-state index in [4.69, 9.17) is 4.84 Å². The molecule has 1 amide bonds. The molecular weight excluding hydrogens is 473 g/mol. The van der Waals surface area contributed by atoms with Crippen LogP contribution in [0.2, 0.25) is 0 Å². The third-order valence-electron chi connectivity index (χ3n) is 6.50. The highest BCUT2D eigenvalue weighted by Gasteiger charge is 2.61. The van der Waals surface area contributed by atoms with Gasteiger partial charge in [0.05, 0.1) is 5.71 Å². The number of anilines is 1. The molecule has 1 aliphatic heterocycles. The molecule has 2 unspecified atom stereocenters. The van der Waals surface area contributed by atoms with E-state index in [0.717, 1.165) is 10.8 Å². The van der Waals surface area contributed by atoms with Gasteiger partial charge in [-0.05, 0) is 40.8 Å². The number of amides is 1. The molecule has 6 nitrogen and oxygen atoms in total. The third kappa shape index (κ3) is 4.46. The predicted molar refractivity (Wildman–Crippen MR) is 130 cm³/mol. The van der Waals surface area contributed by atoms with Crippen molar-refractivity contribution in [2.75, 3.05) is 5.32 Å². The van der Waals surface area contributed by atoms with Crippen LogP contribution in [0.5, 0.6) is 0 Å². The number of aliphatic hydroxyl groups is 1. The Morgan fingerprint density at radius 1 is 1.11 bits per heavy atom. The smallest absolute Gasteiger partial charge is 0.380 e. The highest BCUT2D eigenvalue weighted by atomic mass is 19.4. The quantitative estimate of drug-likeness (QED) is 0.444. The SMILES string of the molecule is CC1=NOC(C=O)c2ccc(NC(=O)C(O)(CC(C)(C)c3cccc4ccccc34)C(F)(F)F)cc21. The molecule has 0 aromatic heterocycles. The summed E-state index contributed by atoms with van der Waals surface area (Å²) in [6.07, 6.45) is -6.57. The van der Waals surface area contributed by atoms with E-state index >= 15 is 0 Å². The maximum absolute atomic E-state index is 14.3. The Balaban J connectivity index is 1.68. The first-order valence-electron chi connectivity index (χ1n) is 11.3. The Labute approximate surface area is 205 Å². The number of fused-ring (bicyclic) bond motifs is 2. The lowest BCUT2D eigenvalue weighted by Gasteiger charge is -2.37. The van der Waals surface area contributed by atoms with Gasteiger partial charge in [-0.25, -0.2) is 0 Å². The summed E-state index contributed by atoms with van der Waals surface area (Å²) in [7, 11) is 0. The summed E-state index contributed by atoms with van der Waals surface area (Å²) in [4.78, 5) is 29.3. The van der Waals surface area contributed by atoms with Crippen LogP contribution in [0.25, 0.3) is 10.8 Å². The molecule has 0 fully saturated rings. The van der Waals surface area contributed by atoms with Crippen molar-refractivity contribution in [1.29, 1.82) is 0 Å². The molecular formula is C27H25F3N2O4. The summed E-state index contributed by atoms with van der Waals surface area (Å²) in [6.45, 7) is 4.73. The van der Waals surface area contributed by atoms with Gasteiger partial charge in [0.1, 0.15) is 0 Å². The highest BCUT2D eigenvalue weighted by Crippen LogP contribution is 2.43. The van der Waals surface area contributed by atoms with Crippen LogP contribution in [0.15, 0.2) is 65.8 Å². The van der Waals surface area contributed by atoms with E-state index in [0.29, 0.717) is 28.7 Å². The van der Waals surface area contributed by atoms with Gasteiger partial charge in [0.15, 0.2) is 6.29 Å². The van der Waals surface area contributed by atoms with Gasteiger partial charge < -0.3 is 15.3 Å². The maximum Gasteiger partial charge on any atom is 0.426 e. The molecule has 4 rings (SSSR count). The molecule has 0 radical (unpaired) electrons. The number of alkyl halides is 3. The molecule has 1 heterocycles. The first-order valence-corrected chi connectivity index (χ1v) is 11.3. The second-order valence-electron chi connectivity index (χ2n) is 9.54. The van der Waals surface area contributed by atoms with Crippen molar-refractivity contribution in [3.63, 3.8) is 0 Å². The molecule has 3 aromatic carbocycles. The van der Waals surface area contributed by atoms with Crippen molar-refractivity contribution >= 4 is 34.4 Å². The number of nitrogens with zero attached hydrogens (tertiary/aromatic N) is 1. The number of hydrogen-bond donors (Lipinski definition) is 2. The van der Waals surface area contributed by atoms with Crippen LogP contribution in [-0.2, 0) is 19.8 Å². The Bertz CT molecular complexity index is 1360. The Morgan fingerprint density at radius 3 is 2.50 bits per heavy atom. The van der Waals surface area contributed by atoms with Gasteiger partial charge in [-0.1, -0.05) is 67.5 Å². The number of aldehydes is 1. The summed E-state index contributed by atoms with van der Waals surface area (Å²) < 4.78 is 42.8. The van der Waals surface area contributed by atoms with Crippen LogP contribution in [0.4, 0.5) is 18.9 Å². The molecule has 0 spiro atoms. The van der Waals surface area contributed by atoms with Crippen molar-refractivity contribution < 1.29 is 32.7 Å². The van der Waals surface area contributed by atoms with Crippen molar-refractivity contribution in [3.05, 3.63) is 77.4 Å². The third-order valence-corrected chi connectivity index (χ3v) is 6.50. The van der Waals surface area contributed by atoms with Gasteiger partial charge in [0, 0.05) is 23.2 Å². The molecule has 3 aromatic rings. The van der Waals surface area contributed by atoms with E-state index in [9.17, 15) is 27.9 Å². The Hall–Kier alpha value is -3.72. The molecule has 0 saturated heterocycles. The Morgan fingerprint density at radius 2 is 1.81 bits per heavy atom. The summed E-state index contributed by atoms with van der Waals surface area (Å²) >= 11 is 0. The molecule has 188 valence electrons. The monoisotopic (exact) mass is 498 g/mol. The van der Waals surface area contributed by atoms with Gasteiger partial charge in [0.2, 0.25) is 11.7 Å². The normalized spacial score (nSPS) is 17.4. The zero-order chi connectivity index (χ0) is 26.3. The molecule has 0 aliphatic carbocycles. The summed E-state index contributed by atoms with van der Waals surface area (Å²) in [6, 6.07) is 16.8. The lowest BCUT2D eigenvalue weighted by Crippen LogP contribution is -2.57. The molecule has 9 heteroatoms. The van der Waals surface area contributed by atoms with Crippen LogP contribution >= 0.6 is 0 Å². The number of oxime groups is 1. The van der Waals surface area contributed by atoms with Crippen LogP contribution in [0.1, 0.15) is 50.0 Å². The largest absolute Gasteiger partial charge is 0.426 e. The minimum absolute atomic E-state index is 0.0190. The predicted octanol–water partition coefficient (Wildman–Crippen LogP) is 5.43. The van der Waals surface area contributed by atoms with Gasteiger partial charge in [-0.15, -0.1) is 0 Å². The number of halogens is 3. The van der Waals surface area contributed by atoms with Crippen molar-refractivity contribution in [3.8, 4) is 0 Å². The van der Waals surface area contributed by atoms with E-state index in [2.05, 4.69) is 10.5 Å². The average Bonchev–Trinajstić information content (AvgIpc) is 2.83. The highest BCUT2D eigenvalue weighted by molar-refractivity contribution is 6.04. The van der Waals surface area contributed by atoms with Gasteiger partial charge in [-0.3, -0.25) is 9.59 Å². The van der Waals surface area contributed by atoms with Gasteiger partial charge >= 0.3 is 6.18 Å². The van der Waals surface area contributed by atoms with E-state index in [1.54, 1.807) is 45.0 Å². The zero-order valence-corrected chi connectivity index (χ0v) is 19.9. The fourth-order valence-corrected chi connectivity index (χ4v) is 4.63. The summed E-state index contributed by atoms with van der Waals surface area (Å²) in [5.74, 6) is -1.60. The van der Waals surface area contributed by atoms with Crippen molar-refractivity contribution in [2.45, 2.75) is 50.5 Å². The lowest BCUT2D eigenvalue weighted by atomic mass is 9.73. The van der Waals surface area contributed by atoms with Crippen molar-refractivity contribution in [2.24, 2.45) is 5.16 Å². The standard InChI is InChI=1S/C27H25F3N2O4/c1-16-21-13-18(11-12-20(21)23(14-33)36-32-16)31-24(34)26(35,27(28,29)30)15-25(2,3)22-10-6-8-17-7-4-5-9-19(17)22/h4-14,23,35H,15H2,1-3H3,(H,31,34). The zero-order valence-electron chi connectivity index (χ0n) is 19.9. The number of nitrogens with one attached hydrogen (secondary N) is 1. The van der Waals surface area contributed by atoms with Crippen LogP contribution in [-0.4, -0.2) is 34.8 Å². The second kappa shape index (κ2) is 9.05. The second-order valence-corrected chi connectivity index (χ2v) is 9.54. The fraction of sp³-hybridized carbons (Fsp3) is 0.296.